The lowest BCUT2D eigenvalue weighted by atomic mass is 10.2. The molecule has 0 unspecified atom stereocenters. The van der Waals surface area contributed by atoms with Crippen LogP contribution in [-0.2, 0) is 20.2 Å². The molecule has 0 aliphatic carbocycles. The highest BCUT2D eigenvalue weighted by Gasteiger charge is 2.23. The topological polar surface area (TPSA) is 259 Å². The third-order valence-corrected chi connectivity index (χ3v) is 7.78. The van der Waals surface area contributed by atoms with Crippen molar-refractivity contribution >= 4 is 60.8 Å². The number of benzene rings is 3. The molecule has 0 amide bonds. The van der Waals surface area contributed by atoms with E-state index in [0.717, 1.165) is 36.4 Å². The smallest absolute Gasteiger partial charge is 0.356 e. The first-order valence-electron chi connectivity index (χ1n) is 12.1. The summed E-state index contributed by atoms with van der Waals surface area (Å²) in [5.41, 5.74) is -2.36. The molecule has 5 rings (SSSR count). The number of carboxylic acid groups (broad SMARTS) is 1. The Morgan fingerprint density at radius 3 is 2.20 bits per heavy atom. The Hall–Kier alpha value is -5.34. The van der Waals surface area contributed by atoms with Gasteiger partial charge < -0.3 is 10.4 Å². The standard InChI is InChI=1S/C25H17ClN8O9S2/c26-24-28-21(13-4-2-1-3-5-13)29-25(30-24)27-14-6-11-17(18(12-14)45(41,42)43)31-32-19-20(23(36)37)33-34(22(19)35)15-7-9-16(10-8-15)44(38,39)40/h1-12,33H,(H,36,37)(H,38,39,40)(H,41,42,43)(H,27,28,29,30). The number of anilines is 2. The van der Waals surface area contributed by atoms with Crippen molar-refractivity contribution in [2.45, 2.75) is 9.79 Å². The summed E-state index contributed by atoms with van der Waals surface area (Å²) in [6, 6.07) is 16.3. The fraction of sp³-hybridized carbons (Fsp3) is 0. The molecule has 0 bridgehead atoms. The molecule has 17 nitrogen and oxygen atoms in total. The van der Waals surface area contributed by atoms with Gasteiger partial charge in [-0.05, 0) is 54.1 Å². The first-order chi connectivity index (χ1) is 21.2. The van der Waals surface area contributed by atoms with Crippen LogP contribution in [0.25, 0.3) is 17.1 Å². The van der Waals surface area contributed by atoms with Crippen molar-refractivity contribution in [2.24, 2.45) is 10.2 Å². The monoisotopic (exact) mass is 672 g/mol. The molecule has 3 aromatic carbocycles. The quantitative estimate of drug-likeness (QED) is 0.110. The van der Waals surface area contributed by atoms with Gasteiger partial charge in [0.1, 0.15) is 10.6 Å². The average Bonchev–Trinajstić information content (AvgIpc) is 3.32. The normalized spacial score (nSPS) is 12.0. The summed E-state index contributed by atoms with van der Waals surface area (Å²) in [6.45, 7) is 0. The van der Waals surface area contributed by atoms with Gasteiger partial charge in [-0.15, -0.1) is 10.2 Å². The van der Waals surface area contributed by atoms with Gasteiger partial charge >= 0.3 is 5.97 Å². The van der Waals surface area contributed by atoms with E-state index >= 15 is 0 Å². The molecular formula is C25H17ClN8O9S2. The summed E-state index contributed by atoms with van der Waals surface area (Å²) < 4.78 is 66.8. The maximum atomic E-state index is 13.0. The van der Waals surface area contributed by atoms with Crippen molar-refractivity contribution in [3.05, 3.63) is 94.1 Å². The van der Waals surface area contributed by atoms with Gasteiger partial charge in [-0.25, -0.2) is 9.48 Å². The number of carboxylic acids is 1. The number of halogens is 1. The SMILES string of the molecule is O=C(O)c1[nH]n(-c2ccc(S(=O)(=O)O)cc2)c(=O)c1N=Nc1ccc(Nc2nc(Cl)nc(-c3ccccc3)n2)cc1S(=O)(=O)O. The van der Waals surface area contributed by atoms with E-state index in [1.165, 1.54) is 6.07 Å². The van der Waals surface area contributed by atoms with E-state index in [0.29, 0.717) is 10.2 Å². The highest BCUT2D eigenvalue weighted by molar-refractivity contribution is 7.86. The van der Waals surface area contributed by atoms with Crippen LogP contribution >= 0.6 is 11.6 Å². The lowest BCUT2D eigenvalue weighted by Gasteiger charge is -2.09. The number of hydrogen-bond acceptors (Lipinski definition) is 12. The van der Waals surface area contributed by atoms with Crippen molar-refractivity contribution < 1.29 is 35.8 Å². The first kappa shape index (κ1) is 31.1. The number of azo groups is 1. The number of nitrogens with zero attached hydrogens (tertiary/aromatic N) is 6. The maximum absolute atomic E-state index is 13.0. The molecule has 2 heterocycles. The van der Waals surface area contributed by atoms with E-state index in [2.05, 4.69) is 35.6 Å². The zero-order chi connectivity index (χ0) is 32.5. The van der Waals surface area contributed by atoms with E-state index in [4.69, 9.17) is 16.2 Å². The minimum atomic E-state index is -4.95. The van der Waals surface area contributed by atoms with Crippen LogP contribution in [0.5, 0.6) is 0 Å². The molecule has 2 aromatic heterocycles. The number of aromatic nitrogens is 5. The lowest BCUT2D eigenvalue weighted by molar-refractivity contribution is 0.0690. The number of nitrogens with one attached hydrogen (secondary N) is 2. The average molecular weight is 673 g/mol. The highest BCUT2D eigenvalue weighted by Crippen LogP contribution is 2.31. The summed E-state index contributed by atoms with van der Waals surface area (Å²) in [6.07, 6.45) is 0. The van der Waals surface area contributed by atoms with Crippen molar-refractivity contribution in [3.8, 4) is 17.1 Å². The molecule has 0 aliphatic heterocycles. The Morgan fingerprint density at radius 1 is 0.889 bits per heavy atom. The van der Waals surface area contributed by atoms with Crippen molar-refractivity contribution in [2.75, 3.05) is 5.32 Å². The molecular weight excluding hydrogens is 656 g/mol. The first-order valence-corrected chi connectivity index (χ1v) is 15.4. The van der Waals surface area contributed by atoms with Gasteiger partial charge in [0.25, 0.3) is 25.8 Å². The number of aromatic amines is 1. The van der Waals surface area contributed by atoms with Gasteiger partial charge in [0.05, 0.1) is 10.6 Å². The van der Waals surface area contributed by atoms with Gasteiger partial charge in [-0.3, -0.25) is 19.0 Å². The van der Waals surface area contributed by atoms with Crippen LogP contribution in [0.4, 0.5) is 23.0 Å². The predicted molar refractivity (Wildman–Crippen MR) is 157 cm³/mol. The Morgan fingerprint density at radius 2 is 1.58 bits per heavy atom. The Labute approximate surface area is 257 Å². The summed E-state index contributed by atoms with van der Waals surface area (Å²) in [7, 11) is -9.49. The van der Waals surface area contributed by atoms with Crippen LogP contribution < -0.4 is 10.9 Å². The van der Waals surface area contributed by atoms with E-state index in [1.54, 1.807) is 30.3 Å². The van der Waals surface area contributed by atoms with Crippen LogP contribution in [0, 0.1) is 0 Å². The Balaban J connectivity index is 1.50. The second-order valence-electron chi connectivity index (χ2n) is 8.85. The molecule has 0 spiro atoms. The summed E-state index contributed by atoms with van der Waals surface area (Å²) in [5, 5.41) is 21.8. The molecule has 0 radical (unpaired) electrons. The zero-order valence-corrected chi connectivity index (χ0v) is 24.5. The van der Waals surface area contributed by atoms with Crippen LogP contribution in [0.1, 0.15) is 10.5 Å². The predicted octanol–water partition coefficient (Wildman–Crippen LogP) is 4.02. The third-order valence-electron chi connectivity index (χ3n) is 5.86. The van der Waals surface area contributed by atoms with Gasteiger partial charge in [0.15, 0.2) is 17.2 Å². The molecule has 230 valence electrons. The zero-order valence-electron chi connectivity index (χ0n) is 22.1. The van der Waals surface area contributed by atoms with E-state index < -0.39 is 58.6 Å². The van der Waals surface area contributed by atoms with Gasteiger partial charge in [-0.1, -0.05) is 30.3 Å². The number of H-pyrrole nitrogens is 1. The molecule has 20 heteroatoms. The fourth-order valence-electron chi connectivity index (χ4n) is 3.86. The minimum absolute atomic E-state index is 0.0285. The molecule has 0 saturated carbocycles. The van der Waals surface area contributed by atoms with Crippen molar-refractivity contribution in [1.29, 1.82) is 0 Å². The Bertz CT molecular complexity index is 2260. The largest absolute Gasteiger partial charge is 0.476 e. The molecule has 5 aromatic rings. The summed E-state index contributed by atoms with van der Waals surface area (Å²) in [4.78, 5) is 35.9. The summed E-state index contributed by atoms with van der Waals surface area (Å²) in [5.74, 6) is -1.47. The van der Waals surface area contributed by atoms with Gasteiger partial charge in [0.2, 0.25) is 11.2 Å². The third kappa shape index (κ3) is 6.92. The van der Waals surface area contributed by atoms with E-state index in [-0.39, 0.29) is 28.4 Å². The van der Waals surface area contributed by atoms with E-state index in [9.17, 15) is 36.1 Å². The Kier molecular flexibility index (Phi) is 8.28. The number of carbonyl (C=O) groups is 1. The van der Waals surface area contributed by atoms with Gasteiger partial charge in [-0.2, -0.15) is 31.8 Å². The van der Waals surface area contributed by atoms with Crippen molar-refractivity contribution in [3.63, 3.8) is 0 Å². The fourth-order valence-corrected chi connectivity index (χ4v) is 5.14. The van der Waals surface area contributed by atoms with Crippen LogP contribution in [-0.4, -0.2) is 61.7 Å². The van der Waals surface area contributed by atoms with Crippen LogP contribution in [0.2, 0.25) is 5.28 Å². The number of rotatable bonds is 9. The molecule has 5 N–H and O–H groups in total. The number of hydrogen-bond donors (Lipinski definition) is 5. The molecule has 0 aliphatic rings. The second kappa shape index (κ2) is 12.0. The van der Waals surface area contributed by atoms with Gasteiger partial charge in [0, 0.05) is 11.3 Å². The van der Waals surface area contributed by atoms with Crippen LogP contribution in [0.15, 0.2) is 97.6 Å². The number of aromatic carboxylic acids is 1. The minimum Gasteiger partial charge on any atom is -0.476 e. The molecule has 0 fully saturated rings. The highest BCUT2D eigenvalue weighted by atomic mass is 35.5. The lowest BCUT2D eigenvalue weighted by Crippen LogP contribution is -2.14. The van der Waals surface area contributed by atoms with Crippen LogP contribution in [0.3, 0.4) is 0 Å². The molecule has 0 atom stereocenters. The maximum Gasteiger partial charge on any atom is 0.356 e. The molecule has 0 saturated heterocycles. The second-order valence-corrected chi connectivity index (χ2v) is 12.0. The summed E-state index contributed by atoms with van der Waals surface area (Å²) >= 11 is 6.04. The van der Waals surface area contributed by atoms with E-state index in [1.807, 2.05) is 0 Å². The molecule has 45 heavy (non-hydrogen) atoms. The van der Waals surface area contributed by atoms with Crippen molar-refractivity contribution in [1.82, 2.24) is 24.7 Å².